The van der Waals surface area contributed by atoms with E-state index in [2.05, 4.69) is 10.7 Å². The molecular weight excluding hydrogens is 417 g/mol. The van der Waals surface area contributed by atoms with Crippen molar-refractivity contribution in [1.29, 1.82) is 0 Å². The molecule has 3 aromatic rings. The number of aryl methyl sites for hydroxylation is 1. The van der Waals surface area contributed by atoms with Gasteiger partial charge in [0, 0.05) is 9.79 Å². The van der Waals surface area contributed by atoms with Crippen LogP contribution in [0.5, 0.6) is 5.75 Å². The Labute approximate surface area is 185 Å². The number of hydrogen-bond acceptors (Lipinski definition) is 2. The Hall–Kier alpha value is -2.84. The molecule has 0 aromatic heterocycles. The van der Waals surface area contributed by atoms with E-state index in [-0.39, 0.29) is 11.6 Å². The van der Waals surface area contributed by atoms with Crippen LogP contribution < -0.4 is 4.74 Å². The van der Waals surface area contributed by atoms with Crippen LogP contribution in [0, 0.1) is 18.2 Å². The molecule has 0 radical (unpaired) electrons. The molecule has 0 aliphatic rings. The molecular formula is C26H23F3OS. The zero-order chi connectivity index (χ0) is 22.3. The Morgan fingerprint density at radius 2 is 1.74 bits per heavy atom. The van der Waals surface area contributed by atoms with E-state index < -0.39 is 12.0 Å². The van der Waals surface area contributed by atoms with Crippen molar-refractivity contribution in [2.75, 3.05) is 0 Å². The third kappa shape index (κ3) is 6.32. The first kappa shape index (κ1) is 22.8. The maximum Gasteiger partial charge on any atom is 0.387 e. The summed E-state index contributed by atoms with van der Waals surface area (Å²) in [6, 6.07) is 21.3. The minimum Gasteiger partial charge on any atom is -0.435 e. The third-order valence-electron chi connectivity index (χ3n) is 5.14. The Morgan fingerprint density at radius 1 is 1.03 bits per heavy atom. The fraction of sp³-hybridized carbons (Fsp3) is 0.231. The molecule has 0 spiro atoms. The molecule has 1 unspecified atom stereocenters. The van der Waals surface area contributed by atoms with Gasteiger partial charge in [-0.3, -0.25) is 0 Å². The lowest BCUT2D eigenvalue weighted by Gasteiger charge is -2.24. The summed E-state index contributed by atoms with van der Waals surface area (Å²) in [7, 11) is 0. The van der Waals surface area contributed by atoms with Gasteiger partial charge >= 0.3 is 6.61 Å². The fourth-order valence-corrected chi connectivity index (χ4v) is 4.27. The van der Waals surface area contributed by atoms with Crippen LogP contribution in [0.4, 0.5) is 13.2 Å². The highest BCUT2D eigenvalue weighted by molar-refractivity contribution is 7.99. The zero-order valence-electron chi connectivity index (χ0n) is 17.2. The summed E-state index contributed by atoms with van der Waals surface area (Å²) in [4.78, 5) is 1.58. The van der Waals surface area contributed by atoms with Gasteiger partial charge in [0.1, 0.15) is 11.6 Å². The van der Waals surface area contributed by atoms with E-state index in [1.807, 2.05) is 43.3 Å². The molecule has 0 saturated carbocycles. The molecule has 5 heteroatoms. The smallest absolute Gasteiger partial charge is 0.387 e. The van der Waals surface area contributed by atoms with Gasteiger partial charge in [-0.1, -0.05) is 54.1 Å². The van der Waals surface area contributed by atoms with E-state index in [1.165, 1.54) is 30.0 Å². The number of benzene rings is 3. The lowest BCUT2D eigenvalue weighted by molar-refractivity contribution is -0.0498. The van der Waals surface area contributed by atoms with Crippen molar-refractivity contribution < 1.29 is 17.9 Å². The molecule has 1 nitrogen and oxygen atoms in total. The quantitative estimate of drug-likeness (QED) is 0.319. The van der Waals surface area contributed by atoms with Gasteiger partial charge in [0.2, 0.25) is 0 Å². The van der Waals surface area contributed by atoms with E-state index in [9.17, 15) is 13.2 Å². The maximum atomic E-state index is 14.2. The van der Waals surface area contributed by atoms with E-state index in [4.69, 9.17) is 6.42 Å². The Kier molecular flexibility index (Phi) is 7.70. The number of alkyl halides is 2. The molecule has 0 aliphatic carbocycles. The summed E-state index contributed by atoms with van der Waals surface area (Å²) in [5, 5.41) is 0. The lowest BCUT2D eigenvalue weighted by atomic mass is 9.78. The highest BCUT2D eigenvalue weighted by Crippen LogP contribution is 2.33. The molecule has 3 aromatic carbocycles. The summed E-state index contributed by atoms with van der Waals surface area (Å²) < 4.78 is 43.3. The van der Waals surface area contributed by atoms with Crippen molar-refractivity contribution in [3.8, 4) is 18.1 Å². The first-order chi connectivity index (χ1) is 14.9. The molecule has 0 saturated heterocycles. The second kappa shape index (κ2) is 10.5. The molecule has 160 valence electrons. The fourth-order valence-electron chi connectivity index (χ4n) is 3.35. The minimum atomic E-state index is -2.86. The van der Waals surface area contributed by atoms with Crippen LogP contribution >= 0.6 is 11.8 Å². The van der Waals surface area contributed by atoms with Gasteiger partial charge in [-0.15, -0.1) is 6.42 Å². The SMILES string of the molecule is C#CC(C)(CCCc1ccc(F)c(Sc2ccccc2)c1)c1ccc(OC(F)F)cc1. The average Bonchev–Trinajstić information content (AvgIpc) is 2.76. The van der Waals surface area contributed by atoms with Crippen molar-refractivity contribution in [1.82, 2.24) is 0 Å². The van der Waals surface area contributed by atoms with Crippen LogP contribution in [0.3, 0.4) is 0 Å². The van der Waals surface area contributed by atoms with Gasteiger partial charge in [0.05, 0.1) is 5.41 Å². The standard InChI is InChI=1S/C26H23F3OS/c1-3-26(2,20-12-14-21(15-13-20)30-25(28)29)17-7-8-19-11-16-23(27)24(18-19)31-22-9-5-4-6-10-22/h1,4-6,9-16,18,25H,7-8,17H2,2H3. The van der Waals surface area contributed by atoms with Crippen molar-refractivity contribution in [2.45, 2.75) is 48.0 Å². The molecule has 3 rings (SSSR count). The van der Waals surface area contributed by atoms with Gasteiger partial charge in [0.15, 0.2) is 0 Å². The molecule has 0 fully saturated rings. The summed E-state index contributed by atoms with van der Waals surface area (Å²) in [5.74, 6) is 2.71. The van der Waals surface area contributed by atoms with E-state index in [0.717, 1.165) is 28.9 Å². The van der Waals surface area contributed by atoms with Crippen LogP contribution in [0.15, 0.2) is 82.6 Å². The van der Waals surface area contributed by atoms with Crippen LogP contribution in [-0.4, -0.2) is 6.61 Å². The Morgan fingerprint density at radius 3 is 2.39 bits per heavy atom. The topological polar surface area (TPSA) is 9.23 Å². The van der Waals surface area contributed by atoms with Crippen LogP contribution in [-0.2, 0) is 11.8 Å². The highest BCUT2D eigenvalue weighted by atomic mass is 32.2. The second-order valence-corrected chi connectivity index (χ2v) is 8.53. The van der Waals surface area contributed by atoms with Crippen LogP contribution in [0.2, 0.25) is 0 Å². The molecule has 31 heavy (non-hydrogen) atoms. The van der Waals surface area contributed by atoms with Gasteiger partial charge < -0.3 is 4.74 Å². The number of terminal acetylenes is 1. The lowest BCUT2D eigenvalue weighted by Crippen LogP contribution is -2.19. The highest BCUT2D eigenvalue weighted by Gasteiger charge is 2.24. The molecule has 1 atom stereocenters. The van der Waals surface area contributed by atoms with Crippen molar-refractivity contribution in [3.63, 3.8) is 0 Å². The van der Waals surface area contributed by atoms with Crippen molar-refractivity contribution in [3.05, 3.63) is 89.7 Å². The first-order valence-electron chi connectivity index (χ1n) is 9.94. The number of hydrogen-bond donors (Lipinski definition) is 0. The molecule has 0 heterocycles. The van der Waals surface area contributed by atoms with E-state index >= 15 is 0 Å². The maximum absolute atomic E-state index is 14.2. The predicted molar refractivity (Wildman–Crippen MR) is 119 cm³/mol. The van der Waals surface area contributed by atoms with Gasteiger partial charge in [-0.25, -0.2) is 4.39 Å². The summed E-state index contributed by atoms with van der Waals surface area (Å²) in [6.07, 6.45) is 8.08. The minimum absolute atomic E-state index is 0.105. The van der Waals surface area contributed by atoms with E-state index in [1.54, 1.807) is 18.2 Å². The summed E-state index contributed by atoms with van der Waals surface area (Å²) >= 11 is 1.40. The predicted octanol–water partition coefficient (Wildman–Crippen LogP) is 7.49. The first-order valence-corrected chi connectivity index (χ1v) is 10.8. The Bertz CT molecular complexity index is 1030. The average molecular weight is 441 g/mol. The summed E-state index contributed by atoms with van der Waals surface area (Å²) in [6.45, 7) is -0.900. The zero-order valence-corrected chi connectivity index (χ0v) is 18.0. The molecule has 0 aliphatic heterocycles. The monoisotopic (exact) mass is 440 g/mol. The van der Waals surface area contributed by atoms with Crippen molar-refractivity contribution in [2.24, 2.45) is 0 Å². The second-order valence-electron chi connectivity index (χ2n) is 7.41. The molecule has 0 N–H and O–H groups in total. The number of halogens is 3. The largest absolute Gasteiger partial charge is 0.435 e. The third-order valence-corrected chi connectivity index (χ3v) is 6.18. The number of ether oxygens (including phenoxy) is 1. The molecule has 0 amide bonds. The van der Waals surface area contributed by atoms with Crippen LogP contribution in [0.1, 0.15) is 30.9 Å². The van der Waals surface area contributed by atoms with Gasteiger partial charge in [-0.05, 0) is 73.7 Å². The normalized spacial score (nSPS) is 12.9. The Balaban J connectivity index is 1.64. The van der Waals surface area contributed by atoms with Crippen LogP contribution in [0.25, 0.3) is 0 Å². The van der Waals surface area contributed by atoms with E-state index in [0.29, 0.717) is 11.3 Å². The summed E-state index contributed by atoms with van der Waals surface area (Å²) in [5.41, 5.74) is 1.38. The van der Waals surface area contributed by atoms with Gasteiger partial charge in [-0.2, -0.15) is 8.78 Å². The molecule has 0 bridgehead atoms. The van der Waals surface area contributed by atoms with Gasteiger partial charge in [0.25, 0.3) is 0 Å². The number of rotatable bonds is 9. The van der Waals surface area contributed by atoms with Crippen molar-refractivity contribution >= 4 is 11.8 Å².